The van der Waals surface area contributed by atoms with Crippen LogP contribution in [0.3, 0.4) is 0 Å². The van der Waals surface area contributed by atoms with Crippen molar-refractivity contribution in [2.75, 3.05) is 19.8 Å². The summed E-state index contributed by atoms with van der Waals surface area (Å²) in [5, 5.41) is 37.8. The molecule has 4 heteroatoms. The van der Waals surface area contributed by atoms with E-state index in [1.165, 1.54) is 64.2 Å². The van der Waals surface area contributed by atoms with E-state index in [0.29, 0.717) is 6.42 Å². The van der Waals surface area contributed by atoms with E-state index in [1.807, 2.05) is 0 Å². The lowest BCUT2D eigenvalue weighted by molar-refractivity contribution is -0.0863. The second-order valence-electron chi connectivity index (χ2n) is 7.03. The molecule has 23 heavy (non-hydrogen) atoms. The lowest BCUT2D eigenvalue weighted by Gasteiger charge is -2.32. The summed E-state index contributed by atoms with van der Waals surface area (Å²) in [5.74, 6) is 0. The number of rotatable bonds is 17. The average molecular weight is 333 g/mol. The third kappa shape index (κ3) is 10.3. The molecular weight excluding hydrogens is 292 g/mol. The van der Waals surface area contributed by atoms with Gasteiger partial charge in [0, 0.05) is 0 Å². The minimum absolute atomic E-state index is 0.389. The van der Waals surface area contributed by atoms with Crippen LogP contribution in [0.25, 0.3) is 0 Å². The van der Waals surface area contributed by atoms with Crippen LogP contribution in [0, 0.1) is 5.41 Å². The van der Waals surface area contributed by atoms with Crippen LogP contribution in [0.5, 0.6) is 0 Å². The second kappa shape index (κ2) is 15.4. The fourth-order valence-corrected chi connectivity index (χ4v) is 2.95. The molecule has 0 aromatic rings. The van der Waals surface area contributed by atoms with Gasteiger partial charge in [-0.15, -0.1) is 0 Å². The van der Waals surface area contributed by atoms with Crippen molar-refractivity contribution in [1.29, 1.82) is 0 Å². The molecule has 0 aliphatic rings. The topological polar surface area (TPSA) is 80.9 Å². The average Bonchev–Trinajstić information content (AvgIpc) is 2.58. The Bertz CT molecular complexity index is 233. The van der Waals surface area contributed by atoms with E-state index in [-0.39, 0.29) is 19.8 Å². The van der Waals surface area contributed by atoms with Gasteiger partial charge in [-0.3, -0.25) is 0 Å². The summed E-state index contributed by atoms with van der Waals surface area (Å²) in [6.45, 7) is 1.08. The van der Waals surface area contributed by atoms with E-state index in [2.05, 4.69) is 6.92 Å². The van der Waals surface area contributed by atoms with Crippen LogP contribution in [0.2, 0.25) is 0 Å². The summed E-state index contributed by atoms with van der Waals surface area (Å²) in [5.41, 5.74) is -1.15. The highest BCUT2D eigenvalue weighted by Crippen LogP contribution is 2.24. The maximum absolute atomic E-state index is 10.0. The molecule has 0 amide bonds. The number of unbranched alkanes of at least 4 members (excludes halogenated alkanes) is 11. The van der Waals surface area contributed by atoms with Gasteiger partial charge in [0.05, 0.1) is 31.3 Å². The third-order valence-electron chi connectivity index (χ3n) is 4.98. The number of aliphatic hydroxyl groups is 4. The molecule has 0 radical (unpaired) electrons. The van der Waals surface area contributed by atoms with Gasteiger partial charge in [0.15, 0.2) is 0 Å². The molecule has 140 valence electrons. The predicted octanol–water partition coefficient (Wildman–Crippen LogP) is 3.40. The van der Waals surface area contributed by atoms with Crippen molar-refractivity contribution in [3.05, 3.63) is 0 Å². The van der Waals surface area contributed by atoms with Crippen molar-refractivity contribution in [1.82, 2.24) is 0 Å². The first-order chi connectivity index (χ1) is 11.2. The van der Waals surface area contributed by atoms with Crippen molar-refractivity contribution >= 4 is 0 Å². The minimum atomic E-state index is -1.15. The Hall–Kier alpha value is -0.160. The molecule has 0 bridgehead atoms. The molecule has 1 unspecified atom stereocenters. The first-order valence-electron chi connectivity index (χ1n) is 9.67. The second-order valence-corrected chi connectivity index (χ2v) is 7.03. The number of aliphatic hydroxyl groups excluding tert-OH is 4. The summed E-state index contributed by atoms with van der Waals surface area (Å²) in [6.07, 6.45) is 14.8. The SMILES string of the molecule is CCCCCCCCCCCCCCC(O)C(CO)(CO)CO. The van der Waals surface area contributed by atoms with Gasteiger partial charge in [0.25, 0.3) is 0 Å². The van der Waals surface area contributed by atoms with Crippen molar-refractivity contribution in [2.45, 2.75) is 96.5 Å². The summed E-state index contributed by atoms with van der Waals surface area (Å²) < 4.78 is 0. The van der Waals surface area contributed by atoms with Crippen molar-refractivity contribution in [3.8, 4) is 0 Å². The highest BCUT2D eigenvalue weighted by atomic mass is 16.3. The van der Waals surface area contributed by atoms with E-state index in [0.717, 1.165) is 12.8 Å². The zero-order chi connectivity index (χ0) is 17.4. The lowest BCUT2D eigenvalue weighted by atomic mass is 9.82. The molecule has 0 aliphatic carbocycles. The van der Waals surface area contributed by atoms with Gasteiger partial charge in [-0.25, -0.2) is 0 Å². The molecule has 0 spiro atoms. The van der Waals surface area contributed by atoms with Gasteiger partial charge in [-0.1, -0.05) is 84.0 Å². The van der Waals surface area contributed by atoms with Crippen molar-refractivity contribution in [3.63, 3.8) is 0 Å². The van der Waals surface area contributed by atoms with Gasteiger partial charge < -0.3 is 20.4 Å². The molecule has 0 saturated carbocycles. The van der Waals surface area contributed by atoms with E-state index in [4.69, 9.17) is 0 Å². The molecule has 1 atom stereocenters. The molecule has 0 saturated heterocycles. The summed E-state index contributed by atoms with van der Waals surface area (Å²) in [6, 6.07) is 0. The maximum atomic E-state index is 10.0. The zero-order valence-corrected chi connectivity index (χ0v) is 15.2. The Morgan fingerprint density at radius 3 is 1.30 bits per heavy atom. The van der Waals surface area contributed by atoms with Gasteiger partial charge in [-0.2, -0.15) is 0 Å². The monoisotopic (exact) mass is 332 g/mol. The van der Waals surface area contributed by atoms with E-state index in [9.17, 15) is 20.4 Å². The van der Waals surface area contributed by atoms with Gasteiger partial charge in [0.2, 0.25) is 0 Å². The first kappa shape index (κ1) is 22.8. The molecule has 0 aromatic carbocycles. The fraction of sp³-hybridized carbons (Fsp3) is 1.00. The van der Waals surface area contributed by atoms with Crippen LogP contribution in [0.1, 0.15) is 90.4 Å². The Morgan fingerprint density at radius 1 is 0.609 bits per heavy atom. The molecule has 0 heterocycles. The fourth-order valence-electron chi connectivity index (χ4n) is 2.95. The molecule has 4 N–H and O–H groups in total. The van der Waals surface area contributed by atoms with Crippen molar-refractivity contribution in [2.24, 2.45) is 5.41 Å². The van der Waals surface area contributed by atoms with Gasteiger partial charge in [0.1, 0.15) is 0 Å². The molecule has 0 aromatic heterocycles. The number of hydrogen-bond acceptors (Lipinski definition) is 4. The molecular formula is C19H40O4. The Morgan fingerprint density at radius 2 is 0.957 bits per heavy atom. The van der Waals surface area contributed by atoms with Gasteiger partial charge in [-0.05, 0) is 6.42 Å². The van der Waals surface area contributed by atoms with E-state index in [1.54, 1.807) is 0 Å². The summed E-state index contributed by atoms with van der Waals surface area (Å²) in [7, 11) is 0. The largest absolute Gasteiger partial charge is 0.396 e. The maximum Gasteiger partial charge on any atom is 0.0662 e. The van der Waals surface area contributed by atoms with E-state index >= 15 is 0 Å². The van der Waals surface area contributed by atoms with Crippen LogP contribution in [0.4, 0.5) is 0 Å². The Kier molecular flexibility index (Phi) is 15.3. The zero-order valence-electron chi connectivity index (χ0n) is 15.2. The molecule has 0 aliphatic heterocycles. The minimum Gasteiger partial charge on any atom is -0.396 e. The quantitative estimate of drug-likeness (QED) is 0.308. The van der Waals surface area contributed by atoms with Crippen LogP contribution in [-0.4, -0.2) is 46.4 Å². The Labute approximate surface area is 142 Å². The molecule has 0 rings (SSSR count). The normalized spacial score (nSPS) is 13.4. The highest BCUT2D eigenvalue weighted by molar-refractivity contribution is 4.84. The summed E-state index contributed by atoms with van der Waals surface area (Å²) in [4.78, 5) is 0. The van der Waals surface area contributed by atoms with Gasteiger partial charge >= 0.3 is 0 Å². The van der Waals surface area contributed by atoms with Crippen LogP contribution in [0.15, 0.2) is 0 Å². The third-order valence-corrected chi connectivity index (χ3v) is 4.98. The number of hydrogen-bond donors (Lipinski definition) is 4. The first-order valence-corrected chi connectivity index (χ1v) is 9.67. The van der Waals surface area contributed by atoms with Crippen LogP contribution >= 0.6 is 0 Å². The van der Waals surface area contributed by atoms with Crippen LogP contribution in [-0.2, 0) is 0 Å². The smallest absolute Gasteiger partial charge is 0.0662 e. The Balaban J connectivity index is 3.45. The molecule has 0 fully saturated rings. The predicted molar refractivity (Wildman–Crippen MR) is 95.4 cm³/mol. The van der Waals surface area contributed by atoms with E-state index < -0.39 is 11.5 Å². The highest BCUT2D eigenvalue weighted by Gasteiger charge is 2.35. The lowest BCUT2D eigenvalue weighted by Crippen LogP contribution is -2.45. The summed E-state index contributed by atoms with van der Waals surface area (Å²) >= 11 is 0. The van der Waals surface area contributed by atoms with Crippen LogP contribution < -0.4 is 0 Å². The standard InChI is InChI=1S/C19H40O4/c1-2-3-4-5-6-7-8-9-10-11-12-13-14-18(23)19(15-20,16-21)17-22/h18,20-23H,2-17H2,1H3. The van der Waals surface area contributed by atoms with Crippen molar-refractivity contribution < 1.29 is 20.4 Å². The molecule has 4 nitrogen and oxygen atoms in total.